The first kappa shape index (κ1) is 22.6. The fourth-order valence-corrected chi connectivity index (χ4v) is 6.34. The number of aliphatic hydroxyl groups is 1. The number of nitrogens with two attached hydrogens (primary N) is 1. The summed E-state index contributed by atoms with van der Waals surface area (Å²) in [5.41, 5.74) is 9.82. The molecule has 4 aromatic rings. The third-order valence-electron chi connectivity index (χ3n) is 8.43. The van der Waals surface area contributed by atoms with Crippen LogP contribution < -0.4 is 20.7 Å². The Hall–Kier alpha value is -3.54. The smallest absolute Gasteiger partial charge is 0.326 e. The predicted molar refractivity (Wildman–Crippen MR) is 138 cm³/mol. The van der Waals surface area contributed by atoms with Crippen molar-refractivity contribution in [2.24, 2.45) is 11.7 Å². The van der Waals surface area contributed by atoms with Gasteiger partial charge in [0.15, 0.2) is 0 Å². The maximum absolute atomic E-state index is 14.6. The Morgan fingerprint density at radius 3 is 2.81 bits per heavy atom. The SMILES string of the molecule is CNc1cc(F)cc2c1[nH]c1nc(Oc3cnc4c(c3)C(O)N(C)C4C)nc(N3CC4CC3C[C@@H]4N)c12. The molecule has 1 saturated carbocycles. The lowest BCUT2D eigenvalue weighted by molar-refractivity contribution is 0.0165. The van der Waals surface area contributed by atoms with Crippen molar-refractivity contribution in [3.05, 3.63) is 41.5 Å². The first-order valence-corrected chi connectivity index (χ1v) is 12.6. The summed E-state index contributed by atoms with van der Waals surface area (Å²) in [6, 6.07) is 5.38. The van der Waals surface area contributed by atoms with E-state index in [4.69, 9.17) is 15.5 Å². The second kappa shape index (κ2) is 7.98. The second-order valence-corrected chi connectivity index (χ2v) is 10.5. The van der Waals surface area contributed by atoms with Crippen LogP contribution in [0.5, 0.6) is 11.8 Å². The average molecular weight is 505 g/mol. The molecule has 5 N–H and O–H groups in total. The monoisotopic (exact) mass is 504 g/mol. The topological polar surface area (TPSA) is 128 Å². The number of benzene rings is 1. The molecule has 1 saturated heterocycles. The van der Waals surface area contributed by atoms with Crippen LogP contribution in [0.25, 0.3) is 21.9 Å². The number of anilines is 2. The van der Waals surface area contributed by atoms with Gasteiger partial charge in [-0.1, -0.05) is 0 Å². The Bertz CT molecular complexity index is 1560. The predicted octanol–water partition coefficient (Wildman–Crippen LogP) is 3.40. The summed E-state index contributed by atoms with van der Waals surface area (Å²) in [5.74, 6) is 1.21. The molecule has 0 radical (unpaired) electrons. The highest BCUT2D eigenvalue weighted by Crippen LogP contribution is 2.45. The Labute approximate surface area is 212 Å². The van der Waals surface area contributed by atoms with E-state index in [0.717, 1.165) is 36.0 Å². The Kier molecular flexibility index (Phi) is 4.88. The van der Waals surface area contributed by atoms with Gasteiger partial charge in [0.05, 0.1) is 34.5 Å². The fraction of sp³-hybridized carbons (Fsp3) is 0.423. The van der Waals surface area contributed by atoms with Crippen LogP contribution in [0.15, 0.2) is 24.4 Å². The molecule has 10 nitrogen and oxygen atoms in total. The summed E-state index contributed by atoms with van der Waals surface area (Å²) in [5, 5.41) is 15.2. The van der Waals surface area contributed by atoms with Gasteiger partial charge in [0, 0.05) is 36.6 Å². The molecular weight excluding hydrogens is 475 g/mol. The highest BCUT2D eigenvalue weighted by Gasteiger charge is 2.44. The van der Waals surface area contributed by atoms with Crippen molar-refractivity contribution in [1.82, 2.24) is 24.8 Å². The number of pyridine rings is 1. The number of H-pyrrole nitrogens is 1. The maximum Gasteiger partial charge on any atom is 0.326 e. The number of hydrogen-bond donors (Lipinski definition) is 4. The molecule has 2 aliphatic heterocycles. The molecule has 7 rings (SSSR count). The van der Waals surface area contributed by atoms with Crippen molar-refractivity contribution in [3.63, 3.8) is 0 Å². The molecule has 0 spiro atoms. The van der Waals surface area contributed by atoms with Gasteiger partial charge in [-0.15, -0.1) is 0 Å². The van der Waals surface area contributed by atoms with Crippen LogP contribution in [0, 0.1) is 11.7 Å². The lowest BCUT2D eigenvalue weighted by atomic mass is 10.0. The summed E-state index contributed by atoms with van der Waals surface area (Å²) in [6.07, 6.45) is 2.78. The molecule has 192 valence electrons. The Morgan fingerprint density at radius 2 is 2.08 bits per heavy atom. The number of aromatic nitrogens is 4. The number of nitrogens with one attached hydrogen (secondary N) is 2. The summed E-state index contributed by atoms with van der Waals surface area (Å²) in [4.78, 5) is 21.5. The van der Waals surface area contributed by atoms with Crippen molar-refractivity contribution in [3.8, 4) is 11.8 Å². The first-order valence-electron chi connectivity index (χ1n) is 12.6. The maximum atomic E-state index is 14.6. The fourth-order valence-electron chi connectivity index (χ4n) is 6.34. The van der Waals surface area contributed by atoms with Gasteiger partial charge in [-0.25, -0.2) is 4.39 Å². The van der Waals surface area contributed by atoms with Crippen LogP contribution >= 0.6 is 0 Å². The molecule has 5 heterocycles. The van der Waals surface area contributed by atoms with Gasteiger partial charge >= 0.3 is 6.01 Å². The number of nitrogens with zero attached hydrogens (tertiary/aromatic N) is 5. The van der Waals surface area contributed by atoms with Crippen LogP contribution in [-0.2, 0) is 0 Å². The molecule has 1 aromatic carbocycles. The lowest BCUT2D eigenvalue weighted by Crippen LogP contribution is -2.41. The van der Waals surface area contributed by atoms with Crippen molar-refractivity contribution in [2.75, 3.05) is 30.9 Å². The molecule has 3 aromatic heterocycles. The van der Waals surface area contributed by atoms with E-state index >= 15 is 0 Å². The zero-order valence-corrected chi connectivity index (χ0v) is 20.9. The first-order chi connectivity index (χ1) is 17.8. The minimum absolute atomic E-state index is 0.00308. The van der Waals surface area contributed by atoms with E-state index < -0.39 is 6.23 Å². The number of fused-ring (bicyclic) bond motifs is 6. The number of piperidine rings is 1. The summed E-state index contributed by atoms with van der Waals surface area (Å²) in [6.45, 7) is 2.79. The van der Waals surface area contributed by atoms with Crippen LogP contribution in [0.3, 0.4) is 0 Å². The number of rotatable bonds is 4. The summed E-state index contributed by atoms with van der Waals surface area (Å²) >= 11 is 0. The normalized spacial score (nSPS) is 27.0. The van der Waals surface area contributed by atoms with E-state index in [2.05, 4.69) is 25.2 Å². The van der Waals surface area contributed by atoms with E-state index in [9.17, 15) is 9.50 Å². The van der Waals surface area contributed by atoms with Crippen molar-refractivity contribution >= 4 is 33.4 Å². The number of aromatic amines is 1. The Balaban J connectivity index is 1.37. The van der Waals surface area contributed by atoms with Gasteiger partial charge in [-0.3, -0.25) is 9.88 Å². The quantitative estimate of drug-likeness (QED) is 0.330. The highest BCUT2D eigenvalue weighted by atomic mass is 19.1. The molecular formula is C26H29FN8O2. The van der Waals surface area contributed by atoms with E-state index in [1.807, 2.05) is 18.9 Å². The molecule has 11 heteroatoms. The third-order valence-corrected chi connectivity index (χ3v) is 8.43. The van der Waals surface area contributed by atoms with E-state index in [1.165, 1.54) is 12.1 Å². The summed E-state index contributed by atoms with van der Waals surface area (Å²) < 4.78 is 20.7. The van der Waals surface area contributed by atoms with E-state index in [0.29, 0.717) is 39.8 Å². The number of hydrogen-bond acceptors (Lipinski definition) is 9. The number of aliphatic hydroxyl groups excluding tert-OH is 1. The average Bonchev–Trinajstić information content (AvgIpc) is 3.62. The Morgan fingerprint density at radius 1 is 1.24 bits per heavy atom. The van der Waals surface area contributed by atoms with Crippen molar-refractivity contribution < 1.29 is 14.2 Å². The zero-order valence-electron chi connectivity index (χ0n) is 20.9. The van der Waals surface area contributed by atoms with Crippen molar-refractivity contribution in [1.29, 1.82) is 0 Å². The largest absolute Gasteiger partial charge is 0.423 e. The molecule has 2 bridgehead atoms. The van der Waals surface area contributed by atoms with Gasteiger partial charge < -0.3 is 30.8 Å². The molecule has 1 aliphatic carbocycles. The van der Waals surface area contributed by atoms with Gasteiger partial charge in [0.1, 0.15) is 29.3 Å². The van der Waals surface area contributed by atoms with Gasteiger partial charge in [0.25, 0.3) is 0 Å². The van der Waals surface area contributed by atoms with Crippen LogP contribution in [0.2, 0.25) is 0 Å². The summed E-state index contributed by atoms with van der Waals surface area (Å²) in [7, 11) is 3.61. The molecule has 5 atom stereocenters. The van der Waals surface area contributed by atoms with E-state index in [1.54, 1.807) is 19.3 Å². The molecule has 37 heavy (non-hydrogen) atoms. The molecule has 4 unspecified atom stereocenters. The van der Waals surface area contributed by atoms with E-state index in [-0.39, 0.29) is 30.0 Å². The van der Waals surface area contributed by atoms with Gasteiger partial charge in [-0.2, -0.15) is 9.97 Å². The molecule has 3 aliphatic rings. The molecule has 0 amide bonds. The minimum atomic E-state index is -0.757. The van der Waals surface area contributed by atoms with Gasteiger partial charge in [-0.05, 0) is 50.9 Å². The standard InChI is InChI=1S/C26H29FN8O2/c1-11-21-17(25(36)34(11)3)8-15(9-30-21)37-26-32-23-20(16-5-13(27)6-19(29-2)22(16)31-23)24(33-26)35-10-12-4-14(35)7-18(12)28/h5-6,8-9,11-12,14,18,25,29,36H,4,7,10,28H2,1-3H3,(H,31,32,33)/t11?,12?,14?,18-,25?/m0/s1. The minimum Gasteiger partial charge on any atom is -0.423 e. The number of halogens is 1. The highest BCUT2D eigenvalue weighted by molar-refractivity contribution is 6.14. The third kappa shape index (κ3) is 3.30. The van der Waals surface area contributed by atoms with Crippen LogP contribution in [0.1, 0.15) is 43.3 Å². The van der Waals surface area contributed by atoms with Crippen LogP contribution in [0.4, 0.5) is 15.9 Å². The number of ether oxygens (including phenoxy) is 1. The van der Waals surface area contributed by atoms with Gasteiger partial charge in [0.2, 0.25) is 0 Å². The lowest BCUT2D eigenvalue weighted by Gasteiger charge is -2.31. The second-order valence-electron chi connectivity index (χ2n) is 10.5. The van der Waals surface area contributed by atoms with Crippen LogP contribution in [-0.4, -0.2) is 62.7 Å². The van der Waals surface area contributed by atoms with Crippen molar-refractivity contribution in [2.45, 2.75) is 44.1 Å². The zero-order chi connectivity index (χ0) is 25.6. The molecule has 2 fully saturated rings.